The van der Waals surface area contributed by atoms with Gasteiger partial charge >= 0.3 is 0 Å². The molecule has 14 heavy (non-hydrogen) atoms. The van der Waals surface area contributed by atoms with Crippen LogP contribution in [0.3, 0.4) is 0 Å². The number of carbonyl (C=O) groups excluding carboxylic acids is 1. The van der Waals surface area contributed by atoms with E-state index in [1.165, 1.54) is 6.92 Å². The normalized spacial score (nSPS) is 11.9. The highest BCUT2D eigenvalue weighted by molar-refractivity contribution is 5.74. The largest absolute Gasteiger partial charge is 0.548 e. The van der Waals surface area contributed by atoms with Crippen LogP contribution >= 0.6 is 0 Å². The molecule has 1 rings (SSSR count). The highest BCUT2D eigenvalue weighted by Crippen LogP contribution is 2.17. The summed E-state index contributed by atoms with van der Waals surface area (Å²) >= 11 is 0. The summed E-state index contributed by atoms with van der Waals surface area (Å²) in [5.41, 5.74) is 0.695. The summed E-state index contributed by atoms with van der Waals surface area (Å²) in [6, 6.07) is 6.33. The molecule has 1 aromatic carbocycles. The van der Waals surface area contributed by atoms with E-state index in [9.17, 15) is 9.90 Å². The molecule has 0 unspecified atom stereocenters. The number of carbonyl (C=O) groups is 1. The van der Waals surface area contributed by atoms with Crippen LogP contribution in [-0.2, 0) is 4.79 Å². The van der Waals surface area contributed by atoms with Gasteiger partial charge in [0, 0.05) is 11.8 Å². The average molecular weight is 194 g/mol. The zero-order chi connectivity index (χ0) is 10.6. The first-order valence-electron chi connectivity index (χ1n) is 4.25. The number of rotatable bonds is 4. The number of benzene rings is 1. The standard InChI is InChI=1S/C10H13NO3/c1-7(10(12)13)11-8-4-3-5-9(6-8)14-2/h3-7,11H,1-2H3,(H,12,13)/p-1/t7-/m1/s1. The van der Waals surface area contributed by atoms with Crippen molar-refractivity contribution in [3.63, 3.8) is 0 Å². The van der Waals surface area contributed by atoms with Crippen molar-refractivity contribution in [1.82, 2.24) is 0 Å². The van der Waals surface area contributed by atoms with Crippen LogP contribution in [0.4, 0.5) is 5.69 Å². The molecule has 1 aromatic rings. The van der Waals surface area contributed by atoms with Gasteiger partial charge in [-0.05, 0) is 19.1 Å². The number of anilines is 1. The molecular formula is C10H12NO3-. The summed E-state index contributed by atoms with van der Waals surface area (Å²) < 4.78 is 4.99. The molecule has 1 N–H and O–H groups in total. The third-order valence-corrected chi connectivity index (χ3v) is 1.81. The lowest BCUT2D eigenvalue weighted by Crippen LogP contribution is -2.38. The van der Waals surface area contributed by atoms with Gasteiger partial charge in [-0.25, -0.2) is 0 Å². The Morgan fingerprint density at radius 2 is 2.29 bits per heavy atom. The second-order valence-corrected chi connectivity index (χ2v) is 2.92. The van der Waals surface area contributed by atoms with Crippen LogP contribution < -0.4 is 15.2 Å². The fraction of sp³-hybridized carbons (Fsp3) is 0.300. The van der Waals surface area contributed by atoms with Crippen LogP contribution in [0.25, 0.3) is 0 Å². The van der Waals surface area contributed by atoms with E-state index in [1.807, 2.05) is 0 Å². The van der Waals surface area contributed by atoms with Crippen LogP contribution in [0.2, 0.25) is 0 Å². The molecule has 0 radical (unpaired) electrons. The summed E-state index contributed by atoms with van der Waals surface area (Å²) in [6.45, 7) is 1.52. The van der Waals surface area contributed by atoms with Crippen LogP contribution in [0, 0.1) is 0 Å². The first-order chi connectivity index (χ1) is 6.63. The minimum absolute atomic E-state index is 0.681. The lowest BCUT2D eigenvalue weighted by molar-refractivity contribution is -0.306. The van der Waals surface area contributed by atoms with Crippen molar-refractivity contribution >= 4 is 11.7 Å². The molecule has 0 saturated heterocycles. The Kier molecular flexibility index (Phi) is 3.34. The monoisotopic (exact) mass is 194 g/mol. The van der Waals surface area contributed by atoms with Crippen molar-refractivity contribution in [3.05, 3.63) is 24.3 Å². The number of carboxylic acids is 1. The van der Waals surface area contributed by atoms with Crippen molar-refractivity contribution in [1.29, 1.82) is 0 Å². The van der Waals surface area contributed by atoms with E-state index in [2.05, 4.69) is 5.32 Å². The molecule has 4 heteroatoms. The van der Waals surface area contributed by atoms with Crippen LogP contribution in [0.1, 0.15) is 6.92 Å². The maximum atomic E-state index is 10.5. The number of hydrogen-bond acceptors (Lipinski definition) is 4. The predicted molar refractivity (Wildman–Crippen MR) is 51.1 cm³/mol. The molecule has 0 aliphatic rings. The van der Waals surface area contributed by atoms with E-state index in [0.717, 1.165) is 0 Å². The number of nitrogens with one attached hydrogen (secondary N) is 1. The molecule has 0 aromatic heterocycles. The van der Waals surface area contributed by atoms with Gasteiger partial charge in [0.25, 0.3) is 0 Å². The predicted octanol–water partition coefficient (Wildman–Crippen LogP) is 0.245. The third-order valence-electron chi connectivity index (χ3n) is 1.81. The second-order valence-electron chi connectivity index (χ2n) is 2.92. The molecule has 0 fully saturated rings. The quantitative estimate of drug-likeness (QED) is 0.746. The smallest absolute Gasteiger partial charge is 0.120 e. The number of hydrogen-bond donors (Lipinski definition) is 1. The molecule has 0 saturated carbocycles. The van der Waals surface area contributed by atoms with Gasteiger partial charge in [-0.15, -0.1) is 0 Å². The second kappa shape index (κ2) is 4.50. The minimum Gasteiger partial charge on any atom is -0.548 e. The Morgan fingerprint density at radius 3 is 2.86 bits per heavy atom. The van der Waals surface area contributed by atoms with Crippen LogP contribution in [0.5, 0.6) is 5.75 Å². The van der Waals surface area contributed by atoms with Crippen LogP contribution in [0.15, 0.2) is 24.3 Å². The van der Waals surface area contributed by atoms with Crippen molar-refractivity contribution in [2.45, 2.75) is 13.0 Å². The Labute approximate surface area is 82.5 Å². The highest BCUT2D eigenvalue weighted by Gasteiger charge is 2.02. The molecule has 4 nitrogen and oxygen atoms in total. The topological polar surface area (TPSA) is 61.4 Å². The lowest BCUT2D eigenvalue weighted by Gasteiger charge is -2.16. The Hall–Kier alpha value is -1.71. The molecular weight excluding hydrogens is 182 g/mol. The molecule has 0 amide bonds. The van der Waals surface area contributed by atoms with Crippen molar-refractivity contribution in [2.75, 3.05) is 12.4 Å². The minimum atomic E-state index is -1.13. The Balaban J connectivity index is 2.71. The summed E-state index contributed by atoms with van der Waals surface area (Å²) in [6.07, 6.45) is 0. The van der Waals surface area contributed by atoms with Gasteiger partial charge in [-0.2, -0.15) is 0 Å². The third kappa shape index (κ3) is 2.65. The molecule has 0 spiro atoms. The molecule has 0 bridgehead atoms. The van der Waals surface area contributed by atoms with E-state index in [1.54, 1.807) is 31.4 Å². The maximum absolute atomic E-state index is 10.5. The molecule has 0 aliphatic carbocycles. The van der Waals surface area contributed by atoms with E-state index in [-0.39, 0.29) is 0 Å². The van der Waals surface area contributed by atoms with Gasteiger partial charge in [0.2, 0.25) is 0 Å². The van der Waals surface area contributed by atoms with Gasteiger partial charge in [0.15, 0.2) is 0 Å². The van der Waals surface area contributed by atoms with E-state index in [0.29, 0.717) is 11.4 Å². The van der Waals surface area contributed by atoms with Gasteiger partial charge in [-0.1, -0.05) is 6.07 Å². The molecule has 0 heterocycles. The Morgan fingerprint density at radius 1 is 1.57 bits per heavy atom. The molecule has 76 valence electrons. The zero-order valence-electron chi connectivity index (χ0n) is 8.11. The first kappa shape index (κ1) is 10.4. The number of aliphatic carboxylic acids is 1. The van der Waals surface area contributed by atoms with Gasteiger partial charge in [0.05, 0.1) is 19.1 Å². The van der Waals surface area contributed by atoms with Crippen molar-refractivity contribution < 1.29 is 14.6 Å². The van der Waals surface area contributed by atoms with Crippen LogP contribution in [-0.4, -0.2) is 19.1 Å². The summed E-state index contributed by atoms with van der Waals surface area (Å²) in [5.74, 6) is -0.451. The average Bonchev–Trinajstić information content (AvgIpc) is 2.18. The highest BCUT2D eigenvalue weighted by atomic mass is 16.5. The van der Waals surface area contributed by atoms with E-state index in [4.69, 9.17) is 4.74 Å². The molecule has 1 atom stereocenters. The Bertz CT molecular complexity index is 325. The van der Waals surface area contributed by atoms with Gasteiger partial charge < -0.3 is 20.0 Å². The fourth-order valence-corrected chi connectivity index (χ4v) is 1.02. The van der Waals surface area contributed by atoms with E-state index >= 15 is 0 Å². The first-order valence-corrected chi connectivity index (χ1v) is 4.25. The van der Waals surface area contributed by atoms with E-state index < -0.39 is 12.0 Å². The fourth-order valence-electron chi connectivity index (χ4n) is 1.02. The maximum Gasteiger partial charge on any atom is 0.120 e. The summed E-state index contributed by atoms with van der Waals surface area (Å²) in [7, 11) is 1.56. The van der Waals surface area contributed by atoms with Gasteiger partial charge in [0.1, 0.15) is 5.75 Å². The van der Waals surface area contributed by atoms with Crippen molar-refractivity contribution in [2.24, 2.45) is 0 Å². The SMILES string of the molecule is COc1cccc(N[C@H](C)C(=O)[O-])c1. The zero-order valence-corrected chi connectivity index (χ0v) is 8.11. The summed E-state index contributed by atoms with van der Waals surface area (Å²) in [4.78, 5) is 10.5. The number of ether oxygens (including phenoxy) is 1. The number of methoxy groups -OCH3 is 1. The van der Waals surface area contributed by atoms with Gasteiger partial charge in [-0.3, -0.25) is 0 Å². The van der Waals surface area contributed by atoms with Crippen molar-refractivity contribution in [3.8, 4) is 5.75 Å². The molecule has 0 aliphatic heterocycles. The number of carboxylic acid groups (broad SMARTS) is 1. The lowest BCUT2D eigenvalue weighted by atomic mass is 10.2. The summed E-state index contributed by atoms with van der Waals surface area (Å²) in [5, 5.41) is 13.2.